The highest BCUT2D eigenvalue weighted by Crippen LogP contribution is 2.39. The Morgan fingerprint density at radius 2 is 1.28 bits per heavy atom. The maximum absolute atomic E-state index is 11.7. The van der Waals surface area contributed by atoms with Crippen molar-refractivity contribution >= 4 is 18.2 Å². The average Bonchev–Trinajstić information content (AvgIpc) is 3.99. The van der Waals surface area contributed by atoms with Gasteiger partial charge in [0.1, 0.15) is 11.9 Å². The molecule has 0 bridgehead atoms. The third kappa shape index (κ3) is 26.5. The van der Waals surface area contributed by atoms with Gasteiger partial charge in [-0.1, -0.05) is 140 Å². The van der Waals surface area contributed by atoms with Crippen molar-refractivity contribution in [3.05, 3.63) is 29.9 Å². The molecule has 0 radical (unpaired) electrons. The Morgan fingerprint density at radius 3 is 1.81 bits per heavy atom. The van der Waals surface area contributed by atoms with Crippen LogP contribution < -0.4 is 10.1 Å². The molecule has 2 amide bonds. The number of anilines is 1. The number of hydrogen-bond acceptors (Lipinski definition) is 10. The Morgan fingerprint density at radius 1 is 0.710 bits per heavy atom. The molecule has 0 unspecified atom stereocenters. The predicted octanol–water partition coefficient (Wildman–Crippen LogP) is 15.6. The third-order valence-corrected chi connectivity index (χ3v) is 13.4. The minimum atomic E-state index is -0.179. The van der Waals surface area contributed by atoms with Crippen LogP contribution in [-0.4, -0.2) is 89.0 Å². The quantitative estimate of drug-likeness (QED) is 0.207. The summed E-state index contributed by atoms with van der Waals surface area (Å²) >= 11 is 0. The van der Waals surface area contributed by atoms with Gasteiger partial charge in [0, 0.05) is 50.8 Å². The van der Waals surface area contributed by atoms with E-state index < -0.39 is 0 Å². The van der Waals surface area contributed by atoms with Gasteiger partial charge in [-0.25, -0.2) is 19.6 Å². The van der Waals surface area contributed by atoms with Crippen LogP contribution >= 0.6 is 0 Å². The van der Waals surface area contributed by atoms with Crippen molar-refractivity contribution < 1.29 is 28.2 Å². The molecule has 5 fully saturated rings. The molecule has 5 saturated carbocycles. The van der Waals surface area contributed by atoms with E-state index >= 15 is 0 Å². The molecule has 69 heavy (non-hydrogen) atoms. The molecule has 0 aromatic carbocycles. The van der Waals surface area contributed by atoms with E-state index in [9.17, 15) is 9.59 Å². The molecule has 12 nitrogen and oxygen atoms in total. The second-order valence-corrected chi connectivity index (χ2v) is 25.1. The fourth-order valence-electron chi connectivity index (χ4n) is 8.55. The number of carbonyl (C=O) groups excluding carboxylic acids is 2. The van der Waals surface area contributed by atoms with E-state index in [0.29, 0.717) is 43.1 Å². The number of ether oxygens (including phenoxy) is 3. The van der Waals surface area contributed by atoms with Crippen molar-refractivity contribution in [1.29, 1.82) is 0 Å². The molecule has 5 aliphatic carbocycles. The highest BCUT2D eigenvalue weighted by atomic mass is 16.6. The van der Waals surface area contributed by atoms with Gasteiger partial charge in [-0.3, -0.25) is 0 Å². The minimum Gasteiger partial charge on any atom is -0.463 e. The second-order valence-electron chi connectivity index (χ2n) is 25.1. The van der Waals surface area contributed by atoms with Crippen molar-refractivity contribution in [3.8, 4) is 6.01 Å². The van der Waals surface area contributed by atoms with Gasteiger partial charge in [0.15, 0.2) is 0 Å². The fourth-order valence-corrected chi connectivity index (χ4v) is 8.55. The number of carbonyl (C=O) groups is 2. The molecule has 1 N–H and O–H groups in total. The average molecular weight is 967 g/mol. The van der Waals surface area contributed by atoms with Gasteiger partial charge >= 0.3 is 18.2 Å². The van der Waals surface area contributed by atoms with Gasteiger partial charge in [0.05, 0.1) is 25.1 Å². The number of amides is 2. The van der Waals surface area contributed by atoms with Crippen molar-refractivity contribution in [2.75, 3.05) is 39.2 Å². The van der Waals surface area contributed by atoms with E-state index in [1.807, 2.05) is 33.2 Å². The Kier molecular flexibility index (Phi) is 25.7. The molecule has 0 atom stereocenters. The lowest BCUT2D eigenvalue weighted by Gasteiger charge is -2.26. The van der Waals surface area contributed by atoms with Crippen LogP contribution in [0.4, 0.5) is 15.6 Å². The molecule has 0 spiro atoms. The zero-order valence-electron chi connectivity index (χ0n) is 46.7. The molecule has 2 heterocycles. The predicted molar refractivity (Wildman–Crippen MR) is 283 cm³/mol. The van der Waals surface area contributed by atoms with E-state index in [1.165, 1.54) is 103 Å². The van der Waals surface area contributed by atoms with Crippen LogP contribution in [0.15, 0.2) is 22.9 Å². The molecule has 2 aromatic rings. The normalized spacial score (nSPS) is 18.0. The Labute approximate surface area is 421 Å². The summed E-state index contributed by atoms with van der Waals surface area (Å²) in [5.74, 6) is 4.35. The number of nitrogens with zero attached hydrogens (tertiary/aromatic N) is 5. The molecule has 7 rings (SSSR count). The Bertz CT molecular complexity index is 1700. The molecular formula is C57H102N6O6. The number of nitrogens with one attached hydrogen (secondary N) is 1. The maximum atomic E-state index is 11.7. The summed E-state index contributed by atoms with van der Waals surface area (Å²) in [6, 6.07) is 3.80. The number of aromatic nitrogens is 3. The van der Waals surface area contributed by atoms with Gasteiger partial charge < -0.3 is 33.7 Å². The van der Waals surface area contributed by atoms with Crippen molar-refractivity contribution in [3.63, 3.8) is 0 Å². The van der Waals surface area contributed by atoms with Crippen LogP contribution in [0.1, 0.15) is 242 Å². The molecule has 0 saturated heterocycles. The Hall–Kier alpha value is -3.57. The van der Waals surface area contributed by atoms with Gasteiger partial charge in [0.25, 0.3) is 6.01 Å². The van der Waals surface area contributed by atoms with Crippen molar-refractivity contribution in [2.24, 2.45) is 28.1 Å². The third-order valence-electron chi connectivity index (χ3n) is 13.4. The highest BCUT2D eigenvalue weighted by molar-refractivity contribution is 5.68. The highest BCUT2D eigenvalue weighted by Gasteiger charge is 2.27. The van der Waals surface area contributed by atoms with Crippen LogP contribution in [0, 0.1) is 28.1 Å². The van der Waals surface area contributed by atoms with Crippen LogP contribution in [0.5, 0.6) is 6.01 Å². The van der Waals surface area contributed by atoms with Gasteiger partial charge in [-0.15, -0.1) is 0 Å². The van der Waals surface area contributed by atoms with E-state index in [1.54, 1.807) is 23.0 Å². The first-order chi connectivity index (χ1) is 32.4. The van der Waals surface area contributed by atoms with E-state index in [2.05, 4.69) is 96.4 Å². The van der Waals surface area contributed by atoms with E-state index in [4.69, 9.17) is 18.6 Å². The first-order valence-corrected chi connectivity index (χ1v) is 27.4. The number of hydrogen-bond donors (Lipinski definition) is 1. The molecule has 2 aromatic heterocycles. The summed E-state index contributed by atoms with van der Waals surface area (Å²) < 4.78 is 21.9. The van der Waals surface area contributed by atoms with Gasteiger partial charge in [0.2, 0.25) is 0 Å². The van der Waals surface area contributed by atoms with E-state index in [-0.39, 0.29) is 40.6 Å². The minimum absolute atomic E-state index is 0.0478. The summed E-state index contributed by atoms with van der Waals surface area (Å²) in [5, 5.41) is 3.25. The summed E-state index contributed by atoms with van der Waals surface area (Å²) in [6.45, 7) is 29.8. The maximum Gasteiger partial charge on any atom is 0.410 e. The van der Waals surface area contributed by atoms with Crippen molar-refractivity contribution in [1.82, 2.24) is 24.8 Å². The Balaban J connectivity index is 0.000000230. The lowest BCUT2D eigenvalue weighted by molar-refractivity contribution is 0.0651. The number of rotatable bonds is 13. The summed E-state index contributed by atoms with van der Waals surface area (Å²) in [6.07, 6.45) is 29.4. The van der Waals surface area contributed by atoms with Crippen LogP contribution in [0.25, 0.3) is 0 Å². The first kappa shape index (κ1) is 59.7. The monoisotopic (exact) mass is 967 g/mol. The molecule has 0 aliphatic heterocycles. The zero-order chi connectivity index (χ0) is 51.2. The lowest BCUT2D eigenvalue weighted by Crippen LogP contribution is -2.37. The van der Waals surface area contributed by atoms with Gasteiger partial charge in [-0.05, 0) is 112 Å². The summed E-state index contributed by atoms with van der Waals surface area (Å²) in [7, 11) is 3.63. The second kappa shape index (κ2) is 29.7. The standard InChI is InChI=1S/C13H22N2O.C12H18N2O.C12H23NO2.C10H19NO2.C10H20/c1-13(2,3)9-15-12-14-8-11(16-12)10-6-4-5-7-10;1-12(2,3)8-15-11-13-7-6-10(14-11)9-4-5-9;1-12(2,3)9-15-11(14)13(4)10-7-5-6-8-10;1-8(2)11(3)10(12)13-9-6-4-5-7-9;1-9(2)7-8-10-5-3-4-6-10/h8,10H,4-7,9H2,1-3H3,(H,14,15);6-7,9H,4-5,8H2,1-3H3;10H,5-9H2,1-4H3;8-9H,4-7H2,1-3H3;9-10H,3-8H2,1-2H3. The molecule has 396 valence electrons. The largest absolute Gasteiger partial charge is 0.463 e. The lowest BCUT2D eigenvalue weighted by atomic mass is 9.97. The van der Waals surface area contributed by atoms with Gasteiger partial charge in [-0.2, -0.15) is 4.98 Å². The molecule has 12 heteroatoms. The van der Waals surface area contributed by atoms with E-state index in [0.717, 1.165) is 55.5 Å². The number of oxazole rings is 1. The van der Waals surface area contributed by atoms with Crippen LogP contribution in [0.3, 0.4) is 0 Å². The fraction of sp³-hybridized carbons (Fsp3) is 0.842. The topological polar surface area (TPSA) is 132 Å². The zero-order valence-corrected chi connectivity index (χ0v) is 46.7. The van der Waals surface area contributed by atoms with Crippen LogP contribution in [-0.2, 0) is 9.47 Å². The summed E-state index contributed by atoms with van der Waals surface area (Å²) in [4.78, 5) is 39.3. The summed E-state index contributed by atoms with van der Waals surface area (Å²) in [5.41, 5.74) is 1.58. The van der Waals surface area contributed by atoms with Crippen molar-refractivity contribution in [2.45, 2.75) is 248 Å². The smallest absolute Gasteiger partial charge is 0.410 e. The SMILES string of the molecule is CC(C)(C)CNc1ncc(C2CCCC2)o1.CC(C)(C)COc1nccc(C2CC2)n1.CC(C)CCC1CCCC1.CC(C)N(C)C(=O)OC1CCCC1.CN(C(=O)OCC(C)(C)C)C1CCCC1. The molecule has 5 aliphatic rings. The first-order valence-electron chi connectivity index (χ1n) is 27.4. The van der Waals surface area contributed by atoms with Crippen LogP contribution in [0.2, 0.25) is 0 Å². The molecular weight excluding hydrogens is 865 g/mol.